The average Bonchev–Trinajstić information content (AvgIpc) is 2.61. The summed E-state index contributed by atoms with van der Waals surface area (Å²) in [7, 11) is 0. The number of hydrogen-bond donors (Lipinski definition) is 1. The van der Waals surface area contributed by atoms with E-state index in [0.717, 1.165) is 17.9 Å². The highest BCUT2D eigenvalue weighted by atomic mass is 15.1. The number of hydrogen-bond acceptors (Lipinski definition) is 3. The molecule has 1 aromatic heterocycles. The minimum atomic E-state index is 0.509. The maximum atomic E-state index is 4.13. The minimum absolute atomic E-state index is 0.509. The van der Waals surface area contributed by atoms with Crippen molar-refractivity contribution in [2.75, 3.05) is 6.54 Å². The van der Waals surface area contributed by atoms with Gasteiger partial charge in [-0.1, -0.05) is 0 Å². The van der Waals surface area contributed by atoms with Crippen LogP contribution in [0.1, 0.15) is 35.8 Å². The summed E-state index contributed by atoms with van der Waals surface area (Å²) in [5.74, 6) is 0. The van der Waals surface area contributed by atoms with Gasteiger partial charge < -0.3 is 5.32 Å². The first-order valence-electron chi connectivity index (χ1n) is 4.81. The van der Waals surface area contributed by atoms with Crippen molar-refractivity contribution in [2.45, 2.75) is 32.7 Å². The second-order valence-corrected chi connectivity index (χ2v) is 3.68. The molecule has 0 aliphatic carbocycles. The zero-order valence-corrected chi connectivity index (χ0v) is 8.17. The van der Waals surface area contributed by atoms with Crippen molar-refractivity contribution in [2.24, 2.45) is 0 Å². The molecule has 0 aromatic carbocycles. The first-order chi connectivity index (χ1) is 6.27. The smallest absolute Gasteiger partial charge is 0.0648 e. The molecule has 1 N–H and O–H groups in total. The molecule has 0 saturated carbocycles. The molecule has 1 saturated heterocycles. The van der Waals surface area contributed by atoms with Crippen LogP contribution in [0.25, 0.3) is 0 Å². The number of aryl methyl sites for hydroxylation is 2. The first-order valence-corrected chi connectivity index (χ1v) is 4.81. The van der Waals surface area contributed by atoms with Crippen LogP contribution in [-0.2, 0) is 0 Å². The number of rotatable bonds is 1. The molecule has 0 bridgehead atoms. The summed E-state index contributed by atoms with van der Waals surface area (Å²) in [6.07, 6.45) is 2.50. The molecule has 3 heteroatoms. The van der Waals surface area contributed by atoms with Gasteiger partial charge in [0.05, 0.1) is 11.4 Å². The standard InChI is InChI=1S/C10H15N3/c1-7-6-9(8(2)13-12-7)10-4-3-5-11-10/h6,10-11H,3-5H2,1-2H3. The molecule has 0 spiro atoms. The maximum absolute atomic E-state index is 4.13. The van der Waals surface area contributed by atoms with Crippen molar-refractivity contribution >= 4 is 0 Å². The Bertz CT molecular complexity index is 303. The van der Waals surface area contributed by atoms with E-state index < -0.39 is 0 Å². The van der Waals surface area contributed by atoms with Gasteiger partial charge >= 0.3 is 0 Å². The van der Waals surface area contributed by atoms with E-state index in [1.165, 1.54) is 18.4 Å². The fraction of sp³-hybridized carbons (Fsp3) is 0.600. The lowest BCUT2D eigenvalue weighted by molar-refractivity contribution is 0.634. The Morgan fingerprint density at radius 3 is 2.92 bits per heavy atom. The van der Waals surface area contributed by atoms with Gasteiger partial charge in [-0.25, -0.2) is 0 Å². The highest BCUT2D eigenvalue weighted by molar-refractivity contribution is 5.24. The fourth-order valence-corrected chi connectivity index (χ4v) is 1.87. The quantitative estimate of drug-likeness (QED) is 0.706. The Morgan fingerprint density at radius 1 is 1.38 bits per heavy atom. The zero-order valence-electron chi connectivity index (χ0n) is 8.17. The predicted octanol–water partition coefficient (Wildman–Crippen LogP) is 1.52. The third-order valence-electron chi connectivity index (χ3n) is 2.58. The van der Waals surface area contributed by atoms with Gasteiger partial charge in [0, 0.05) is 6.04 Å². The molecule has 70 valence electrons. The summed E-state index contributed by atoms with van der Waals surface area (Å²) in [5, 5.41) is 11.6. The van der Waals surface area contributed by atoms with Crippen LogP contribution in [0.2, 0.25) is 0 Å². The fourth-order valence-electron chi connectivity index (χ4n) is 1.87. The number of nitrogens with one attached hydrogen (secondary N) is 1. The molecule has 1 aromatic rings. The van der Waals surface area contributed by atoms with Crippen LogP contribution in [-0.4, -0.2) is 16.7 Å². The van der Waals surface area contributed by atoms with Crippen LogP contribution in [0.4, 0.5) is 0 Å². The lowest BCUT2D eigenvalue weighted by Crippen LogP contribution is -2.15. The van der Waals surface area contributed by atoms with E-state index in [1.54, 1.807) is 0 Å². The lowest BCUT2D eigenvalue weighted by Gasteiger charge is -2.12. The van der Waals surface area contributed by atoms with Gasteiger partial charge in [-0.15, -0.1) is 0 Å². The van der Waals surface area contributed by atoms with E-state index in [-0.39, 0.29) is 0 Å². The summed E-state index contributed by atoms with van der Waals surface area (Å²) in [6, 6.07) is 2.65. The second-order valence-electron chi connectivity index (χ2n) is 3.68. The molecule has 1 unspecified atom stereocenters. The molecule has 1 fully saturated rings. The average molecular weight is 177 g/mol. The van der Waals surface area contributed by atoms with Gasteiger partial charge in [0.15, 0.2) is 0 Å². The zero-order chi connectivity index (χ0) is 9.26. The van der Waals surface area contributed by atoms with E-state index in [2.05, 4.69) is 21.6 Å². The van der Waals surface area contributed by atoms with Crippen molar-refractivity contribution in [3.8, 4) is 0 Å². The van der Waals surface area contributed by atoms with E-state index >= 15 is 0 Å². The Balaban J connectivity index is 2.32. The van der Waals surface area contributed by atoms with Crippen LogP contribution in [0.5, 0.6) is 0 Å². The van der Waals surface area contributed by atoms with Crippen LogP contribution >= 0.6 is 0 Å². The number of aromatic nitrogens is 2. The van der Waals surface area contributed by atoms with E-state index in [9.17, 15) is 0 Å². The third-order valence-corrected chi connectivity index (χ3v) is 2.58. The molecular weight excluding hydrogens is 162 g/mol. The van der Waals surface area contributed by atoms with Crippen LogP contribution in [0.3, 0.4) is 0 Å². The SMILES string of the molecule is Cc1cc(C2CCCN2)c(C)nn1. The van der Waals surface area contributed by atoms with Crippen LogP contribution in [0, 0.1) is 13.8 Å². The molecule has 3 nitrogen and oxygen atoms in total. The van der Waals surface area contributed by atoms with Gasteiger partial charge in [0.25, 0.3) is 0 Å². The topological polar surface area (TPSA) is 37.8 Å². The molecule has 0 amide bonds. The summed E-state index contributed by atoms with van der Waals surface area (Å²) in [5.41, 5.74) is 3.39. The molecule has 1 atom stereocenters. The summed E-state index contributed by atoms with van der Waals surface area (Å²) < 4.78 is 0. The maximum Gasteiger partial charge on any atom is 0.0648 e. The Morgan fingerprint density at radius 2 is 2.23 bits per heavy atom. The highest BCUT2D eigenvalue weighted by Crippen LogP contribution is 2.24. The van der Waals surface area contributed by atoms with E-state index in [4.69, 9.17) is 0 Å². The normalized spacial score (nSPS) is 22.2. The Hall–Kier alpha value is -0.960. The highest BCUT2D eigenvalue weighted by Gasteiger charge is 2.18. The van der Waals surface area contributed by atoms with Crippen LogP contribution < -0.4 is 5.32 Å². The Labute approximate surface area is 78.6 Å². The van der Waals surface area contributed by atoms with Crippen molar-refractivity contribution in [3.05, 3.63) is 23.0 Å². The molecule has 2 rings (SSSR count). The van der Waals surface area contributed by atoms with E-state index in [1.807, 2.05) is 13.8 Å². The Kier molecular flexibility index (Phi) is 2.27. The third kappa shape index (κ3) is 1.70. The molecule has 0 radical (unpaired) electrons. The van der Waals surface area contributed by atoms with Crippen molar-refractivity contribution in [1.29, 1.82) is 0 Å². The lowest BCUT2D eigenvalue weighted by atomic mass is 10.0. The monoisotopic (exact) mass is 177 g/mol. The first kappa shape index (κ1) is 8.63. The molecular formula is C10H15N3. The van der Waals surface area contributed by atoms with Crippen molar-refractivity contribution in [1.82, 2.24) is 15.5 Å². The second kappa shape index (κ2) is 3.42. The van der Waals surface area contributed by atoms with Crippen LogP contribution in [0.15, 0.2) is 6.07 Å². The predicted molar refractivity (Wildman–Crippen MR) is 51.5 cm³/mol. The molecule has 2 heterocycles. The molecule has 1 aliphatic rings. The van der Waals surface area contributed by atoms with Gasteiger partial charge in [-0.2, -0.15) is 10.2 Å². The van der Waals surface area contributed by atoms with Gasteiger partial charge in [-0.05, 0) is 44.9 Å². The number of nitrogens with zero attached hydrogens (tertiary/aromatic N) is 2. The molecule has 1 aliphatic heterocycles. The summed E-state index contributed by atoms with van der Waals surface area (Å²) in [6.45, 7) is 5.15. The molecule has 13 heavy (non-hydrogen) atoms. The van der Waals surface area contributed by atoms with Gasteiger partial charge in [0.2, 0.25) is 0 Å². The van der Waals surface area contributed by atoms with Gasteiger partial charge in [0.1, 0.15) is 0 Å². The van der Waals surface area contributed by atoms with Gasteiger partial charge in [-0.3, -0.25) is 0 Å². The summed E-state index contributed by atoms with van der Waals surface area (Å²) >= 11 is 0. The van der Waals surface area contributed by atoms with Crippen molar-refractivity contribution < 1.29 is 0 Å². The van der Waals surface area contributed by atoms with E-state index in [0.29, 0.717) is 6.04 Å². The minimum Gasteiger partial charge on any atom is -0.310 e. The summed E-state index contributed by atoms with van der Waals surface area (Å²) in [4.78, 5) is 0. The van der Waals surface area contributed by atoms with Crippen molar-refractivity contribution in [3.63, 3.8) is 0 Å². The largest absolute Gasteiger partial charge is 0.310 e.